The maximum Gasteiger partial charge on any atom is 0.271 e. The molecule has 0 N–H and O–H groups in total. The first kappa shape index (κ1) is 37.0. The molecule has 2 aliphatic heterocycles. The van der Waals surface area contributed by atoms with E-state index in [2.05, 4.69) is 135 Å². The average molecular weight is 811 g/mol. The monoisotopic (exact) mass is 810 g/mol. The third-order valence-corrected chi connectivity index (χ3v) is 19.8. The van der Waals surface area contributed by atoms with Crippen molar-refractivity contribution in [2.24, 2.45) is 41.4 Å². The average Bonchev–Trinajstić information content (AvgIpc) is 3.58. The van der Waals surface area contributed by atoms with Crippen LogP contribution in [0.2, 0.25) is 0 Å². The van der Waals surface area contributed by atoms with Crippen molar-refractivity contribution in [1.82, 2.24) is 4.98 Å². The summed E-state index contributed by atoms with van der Waals surface area (Å²) in [5.41, 5.74) is 12.7. The number of aromatic nitrogens is 1. The van der Waals surface area contributed by atoms with Gasteiger partial charge in [-0.1, -0.05) is 93.5 Å². The highest BCUT2D eigenvalue weighted by atomic mass is 32.1. The Morgan fingerprint density at radius 2 is 1.27 bits per heavy atom. The summed E-state index contributed by atoms with van der Waals surface area (Å²) in [6.45, 7) is 24.0. The van der Waals surface area contributed by atoms with Crippen LogP contribution in [0.5, 0.6) is 11.5 Å². The minimum absolute atomic E-state index is 0.0351. The minimum atomic E-state index is 0.0351. The van der Waals surface area contributed by atoms with Gasteiger partial charge in [0.15, 0.2) is 0 Å². The van der Waals surface area contributed by atoms with Crippen molar-refractivity contribution in [3.63, 3.8) is 0 Å². The Morgan fingerprint density at radius 3 is 1.87 bits per heavy atom. The number of rotatable bonds is 2. The molecule has 0 spiro atoms. The number of hydrogen-bond acceptors (Lipinski definition) is 4. The molecule has 60 heavy (non-hydrogen) atoms. The first-order valence-electron chi connectivity index (χ1n) is 23.8. The predicted octanol–water partition coefficient (Wildman–Crippen LogP) is 12.6. The molecular formula is C55H63BN2OS. The molecule has 0 radical (unpaired) electrons. The lowest BCUT2D eigenvalue weighted by atomic mass is 9.32. The topological polar surface area (TPSA) is 25.4 Å². The molecule has 0 saturated heterocycles. The van der Waals surface area contributed by atoms with Gasteiger partial charge in [0.1, 0.15) is 17.3 Å². The standard InChI is InChI=1S/C55H63BN2OS/c1-51(2,3)30-11-14-32(15-12-30)58-48-36-22-31(52(4,5)6)13-16-45(36)60-49(48)56-42-23-40-41(54(9,10)18-17-53(40,7)8)24-43(42)59-44-25-46(57-50(58)47(44)56)55-26-37-33-19-29-20-34(37)39(28-55)35(21-29)38(33)27-55/h11-16,22-25,29,33-35,37-39H,17-21,26-28H2,1-10H3. The van der Waals surface area contributed by atoms with Crippen molar-refractivity contribution < 1.29 is 4.74 Å². The van der Waals surface area contributed by atoms with Crippen molar-refractivity contribution in [1.29, 1.82) is 0 Å². The quantitative estimate of drug-likeness (QED) is 0.163. The summed E-state index contributed by atoms with van der Waals surface area (Å²) in [6.07, 6.45) is 10.9. The number of thiophene rings is 1. The van der Waals surface area contributed by atoms with Crippen LogP contribution in [0.15, 0.2) is 60.7 Å². The number of ether oxygens (including phenoxy) is 1. The Morgan fingerprint density at radius 1 is 0.683 bits per heavy atom. The molecule has 5 heteroatoms. The zero-order valence-electron chi connectivity index (χ0n) is 37.8. The van der Waals surface area contributed by atoms with Gasteiger partial charge in [-0.25, -0.2) is 4.98 Å². The van der Waals surface area contributed by atoms with Gasteiger partial charge in [0.05, 0.1) is 11.4 Å². The molecule has 3 aromatic carbocycles. The summed E-state index contributed by atoms with van der Waals surface area (Å²) >= 11 is 2.00. The van der Waals surface area contributed by atoms with Gasteiger partial charge in [-0.15, -0.1) is 11.3 Å². The molecule has 2 aromatic heterocycles. The normalized spacial score (nSPS) is 31.9. The molecule has 0 amide bonds. The van der Waals surface area contributed by atoms with Crippen LogP contribution in [0, 0.1) is 41.4 Å². The molecule has 4 heterocycles. The van der Waals surface area contributed by atoms with E-state index in [1.54, 1.807) is 0 Å². The van der Waals surface area contributed by atoms with Crippen LogP contribution >= 0.6 is 11.3 Å². The van der Waals surface area contributed by atoms with Crippen molar-refractivity contribution >= 4 is 61.0 Å². The van der Waals surface area contributed by atoms with Gasteiger partial charge in [0.2, 0.25) is 0 Å². The zero-order chi connectivity index (χ0) is 41.2. The highest BCUT2D eigenvalue weighted by molar-refractivity contribution is 7.33. The molecule has 5 aromatic rings. The van der Waals surface area contributed by atoms with Crippen LogP contribution in [0.3, 0.4) is 0 Å². The summed E-state index contributed by atoms with van der Waals surface area (Å²) in [7, 11) is 0. The highest BCUT2D eigenvalue weighted by Crippen LogP contribution is 2.74. The van der Waals surface area contributed by atoms with Crippen LogP contribution in [0.4, 0.5) is 17.2 Å². The Balaban J connectivity index is 1.09. The van der Waals surface area contributed by atoms with Gasteiger partial charge in [0.25, 0.3) is 6.71 Å². The second-order valence-corrected chi connectivity index (χ2v) is 25.9. The van der Waals surface area contributed by atoms with E-state index in [1.165, 1.54) is 116 Å². The second-order valence-electron chi connectivity index (χ2n) is 24.8. The Bertz CT molecular complexity index is 2630. The van der Waals surface area contributed by atoms with Crippen LogP contribution in [-0.4, -0.2) is 11.7 Å². The molecule has 0 unspecified atom stereocenters. The molecule has 10 aliphatic rings. The minimum Gasteiger partial charge on any atom is -0.458 e. The second kappa shape index (κ2) is 11.5. The van der Waals surface area contributed by atoms with E-state index in [-0.39, 0.29) is 33.8 Å². The predicted molar refractivity (Wildman–Crippen MR) is 252 cm³/mol. The van der Waals surface area contributed by atoms with E-state index in [0.717, 1.165) is 58.7 Å². The smallest absolute Gasteiger partial charge is 0.271 e. The van der Waals surface area contributed by atoms with Crippen LogP contribution < -0.4 is 25.3 Å². The summed E-state index contributed by atoms with van der Waals surface area (Å²) in [4.78, 5) is 8.78. The number of fused-ring (bicyclic) bond motifs is 7. The van der Waals surface area contributed by atoms with Gasteiger partial charge < -0.3 is 4.74 Å². The van der Waals surface area contributed by atoms with Crippen LogP contribution in [-0.2, 0) is 27.1 Å². The van der Waals surface area contributed by atoms with Gasteiger partial charge in [0, 0.05) is 37.5 Å². The summed E-state index contributed by atoms with van der Waals surface area (Å²) < 4.78 is 10.3. The first-order valence-corrected chi connectivity index (χ1v) is 24.6. The van der Waals surface area contributed by atoms with Crippen molar-refractivity contribution in [3.8, 4) is 11.5 Å². The van der Waals surface area contributed by atoms with E-state index >= 15 is 0 Å². The number of hydrogen-bond donors (Lipinski definition) is 0. The Hall–Kier alpha value is -3.57. The van der Waals surface area contributed by atoms with Crippen LogP contribution in [0.25, 0.3) is 10.1 Å². The third kappa shape index (κ3) is 4.83. The lowest BCUT2D eigenvalue weighted by molar-refractivity contribution is -0.213. The van der Waals surface area contributed by atoms with E-state index in [4.69, 9.17) is 9.72 Å². The van der Waals surface area contributed by atoms with Gasteiger partial charge in [-0.3, -0.25) is 4.90 Å². The molecule has 7 saturated carbocycles. The number of benzene rings is 3. The largest absolute Gasteiger partial charge is 0.458 e. The van der Waals surface area contributed by atoms with Gasteiger partial charge >= 0.3 is 0 Å². The van der Waals surface area contributed by atoms with Crippen molar-refractivity contribution in [2.75, 3.05) is 4.90 Å². The van der Waals surface area contributed by atoms with E-state index < -0.39 is 0 Å². The summed E-state index contributed by atoms with van der Waals surface area (Å²) in [5, 5.41) is 1.36. The Labute approximate surface area is 363 Å². The highest BCUT2D eigenvalue weighted by Gasteiger charge is 2.68. The Kier molecular flexibility index (Phi) is 7.11. The van der Waals surface area contributed by atoms with Crippen molar-refractivity contribution in [2.45, 2.75) is 148 Å². The van der Waals surface area contributed by atoms with Gasteiger partial charge in [-0.2, -0.15) is 0 Å². The molecular weight excluding hydrogens is 747 g/mol. The molecule has 7 fully saturated rings. The fraction of sp³-hybridized carbons (Fsp3) is 0.545. The maximum absolute atomic E-state index is 7.50. The molecule has 3 nitrogen and oxygen atoms in total. The number of nitrogens with zero attached hydrogens (tertiary/aromatic N) is 2. The zero-order valence-corrected chi connectivity index (χ0v) is 38.6. The molecule has 308 valence electrons. The fourth-order valence-corrected chi connectivity index (χ4v) is 16.8. The lowest BCUT2D eigenvalue weighted by Crippen LogP contribution is -2.66. The van der Waals surface area contributed by atoms with Crippen LogP contribution in [0.1, 0.15) is 149 Å². The van der Waals surface area contributed by atoms with E-state index in [0.29, 0.717) is 0 Å². The third-order valence-electron chi connectivity index (χ3n) is 18.6. The summed E-state index contributed by atoms with van der Waals surface area (Å²) in [6, 6.07) is 24.5. The van der Waals surface area contributed by atoms with Gasteiger partial charge in [-0.05, 0) is 173 Å². The lowest BCUT2D eigenvalue weighted by Gasteiger charge is -2.72. The van der Waals surface area contributed by atoms with Crippen molar-refractivity contribution in [3.05, 3.63) is 88.6 Å². The maximum atomic E-state index is 7.50. The van der Waals surface area contributed by atoms with E-state index in [1.807, 2.05) is 11.3 Å². The molecule has 8 aliphatic carbocycles. The fourth-order valence-electron chi connectivity index (χ4n) is 15.5. The SMILES string of the molecule is CC(C)(C)c1ccc(N2c3nc(C45CC6C7CC8CC6C(C4)C(C8)C7C5)cc4c3B(c3cc5c(cc3O4)C(C)(C)CCC5(C)C)c3sc4ccc(C(C)(C)C)cc4c32)cc1. The molecule has 0 atom stereocenters. The number of pyridine rings is 1. The summed E-state index contributed by atoms with van der Waals surface area (Å²) in [5.74, 6) is 9.84. The van der Waals surface area contributed by atoms with E-state index in [9.17, 15) is 0 Å². The molecule has 8 bridgehead atoms. The first-order chi connectivity index (χ1) is 28.4. The number of anilines is 3. The molecule has 15 rings (SSSR count).